The molecule has 0 aromatic carbocycles. The largest absolute Gasteiger partial charge is 0.466 e. The summed E-state index contributed by atoms with van der Waals surface area (Å²) in [5.41, 5.74) is 0. The van der Waals surface area contributed by atoms with Gasteiger partial charge in [-0.25, -0.2) is 0 Å². The molecule has 0 aliphatic heterocycles. The molecule has 1 unspecified atom stereocenters. The minimum absolute atomic E-state index is 0.102. The standard InChI is InChI=1S/C7H13BrO2/c1-3-10-7(9)4-6(2)5-8/h6H,3-5H2,1-2H3. The number of halogens is 1. The van der Waals surface area contributed by atoms with E-state index in [2.05, 4.69) is 15.9 Å². The van der Waals surface area contributed by atoms with Gasteiger partial charge in [0.2, 0.25) is 0 Å². The predicted molar refractivity (Wildman–Crippen MR) is 44.2 cm³/mol. The highest BCUT2D eigenvalue weighted by Crippen LogP contribution is 2.05. The summed E-state index contributed by atoms with van der Waals surface area (Å²) in [4.78, 5) is 10.8. The van der Waals surface area contributed by atoms with Crippen molar-refractivity contribution in [2.24, 2.45) is 5.92 Å². The minimum Gasteiger partial charge on any atom is -0.466 e. The molecule has 2 nitrogen and oxygen atoms in total. The number of carbonyl (C=O) groups is 1. The van der Waals surface area contributed by atoms with Gasteiger partial charge in [-0.2, -0.15) is 0 Å². The summed E-state index contributed by atoms with van der Waals surface area (Å²) in [6.45, 7) is 4.30. The Kier molecular flexibility index (Phi) is 5.69. The van der Waals surface area contributed by atoms with Gasteiger partial charge in [0.15, 0.2) is 0 Å². The van der Waals surface area contributed by atoms with Gasteiger partial charge in [0.25, 0.3) is 0 Å². The number of rotatable bonds is 4. The van der Waals surface area contributed by atoms with Crippen LogP contribution in [0.3, 0.4) is 0 Å². The van der Waals surface area contributed by atoms with Gasteiger partial charge in [0, 0.05) is 11.8 Å². The molecule has 0 N–H and O–H groups in total. The van der Waals surface area contributed by atoms with Crippen LogP contribution in [0.4, 0.5) is 0 Å². The predicted octanol–water partition coefficient (Wildman–Crippen LogP) is 1.97. The Bertz CT molecular complexity index is 104. The monoisotopic (exact) mass is 208 g/mol. The zero-order valence-corrected chi connectivity index (χ0v) is 7.98. The fraction of sp³-hybridized carbons (Fsp3) is 0.857. The molecule has 0 aliphatic rings. The second kappa shape index (κ2) is 5.71. The third-order valence-electron chi connectivity index (χ3n) is 1.08. The molecule has 0 spiro atoms. The van der Waals surface area contributed by atoms with Crippen molar-refractivity contribution in [3.8, 4) is 0 Å². The summed E-state index contributed by atoms with van der Waals surface area (Å²) in [5.74, 6) is 0.272. The van der Waals surface area contributed by atoms with Crippen LogP contribution in [0, 0.1) is 5.92 Å². The molecule has 0 aliphatic carbocycles. The molecule has 3 heteroatoms. The molecule has 0 bridgehead atoms. The normalized spacial score (nSPS) is 12.7. The number of ether oxygens (including phenoxy) is 1. The first-order valence-electron chi connectivity index (χ1n) is 3.42. The lowest BCUT2D eigenvalue weighted by Crippen LogP contribution is -2.09. The van der Waals surface area contributed by atoms with Gasteiger partial charge in [-0.15, -0.1) is 0 Å². The quantitative estimate of drug-likeness (QED) is 0.522. The van der Waals surface area contributed by atoms with E-state index in [1.165, 1.54) is 0 Å². The summed E-state index contributed by atoms with van der Waals surface area (Å²) in [7, 11) is 0. The van der Waals surface area contributed by atoms with E-state index in [4.69, 9.17) is 4.74 Å². The van der Waals surface area contributed by atoms with Crippen LogP contribution in [0.2, 0.25) is 0 Å². The Morgan fingerprint density at radius 3 is 2.70 bits per heavy atom. The Labute approximate surface area is 70.1 Å². The van der Waals surface area contributed by atoms with Crippen molar-refractivity contribution >= 4 is 21.9 Å². The molecule has 0 aromatic heterocycles. The van der Waals surface area contributed by atoms with Gasteiger partial charge >= 0.3 is 5.97 Å². The van der Waals surface area contributed by atoms with Crippen molar-refractivity contribution in [3.05, 3.63) is 0 Å². The van der Waals surface area contributed by atoms with Crippen LogP contribution in [0.1, 0.15) is 20.3 Å². The Morgan fingerprint density at radius 1 is 1.70 bits per heavy atom. The van der Waals surface area contributed by atoms with Crippen molar-refractivity contribution in [1.29, 1.82) is 0 Å². The van der Waals surface area contributed by atoms with Crippen molar-refractivity contribution < 1.29 is 9.53 Å². The maximum Gasteiger partial charge on any atom is 0.306 e. The summed E-state index contributed by atoms with van der Waals surface area (Å²) in [6, 6.07) is 0. The van der Waals surface area contributed by atoms with Crippen LogP contribution in [-0.2, 0) is 9.53 Å². The van der Waals surface area contributed by atoms with Crippen molar-refractivity contribution in [2.45, 2.75) is 20.3 Å². The molecule has 0 heterocycles. The van der Waals surface area contributed by atoms with Crippen LogP contribution in [-0.4, -0.2) is 17.9 Å². The molecular weight excluding hydrogens is 196 g/mol. The third kappa shape index (κ3) is 4.79. The lowest BCUT2D eigenvalue weighted by molar-refractivity contribution is -0.143. The van der Waals surface area contributed by atoms with Gasteiger partial charge < -0.3 is 4.74 Å². The fourth-order valence-corrected chi connectivity index (χ4v) is 0.788. The van der Waals surface area contributed by atoms with E-state index in [0.717, 1.165) is 5.33 Å². The molecule has 0 amide bonds. The molecule has 0 aromatic rings. The molecule has 0 fully saturated rings. The molecule has 0 rings (SSSR count). The lowest BCUT2D eigenvalue weighted by Gasteiger charge is -2.05. The van der Waals surface area contributed by atoms with Crippen LogP contribution < -0.4 is 0 Å². The molecule has 0 radical (unpaired) electrons. The van der Waals surface area contributed by atoms with E-state index in [-0.39, 0.29) is 5.97 Å². The summed E-state index contributed by atoms with van der Waals surface area (Å²) < 4.78 is 4.75. The first kappa shape index (κ1) is 9.95. The van der Waals surface area contributed by atoms with E-state index < -0.39 is 0 Å². The van der Waals surface area contributed by atoms with E-state index in [1.807, 2.05) is 13.8 Å². The van der Waals surface area contributed by atoms with Crippen LogP contribution in [0.15, 0.2) is 0 Å². The summed E-state index contributed by atoms with van der Waals surface area (Å²) in [5, 5.41) is 0.853. The highest BCUT2D eigenvalue weighted by molar-refractivity contribution is 9.09. The highest BCUT2D eigenvalue weighted by atomic mass is 79.9. The fourth-order valence-electron chi connectivity index (χ4n) is 0.559. The average Bonchev–Trinajstić information content (AvgIpc) is 1.88. The van der Waals surface area contributed by atoms with E-state index >= 15 is 0 Å². The Balaban J connectivity index is 3.37. The second-order valence-electron chi connectivity index (χ2n) is 2.27. The zero-order chi connectivity index (χ0) is 7.98. The van der Waals surface area contributed by atoms with Gasteiger partial charge in [0.05, 0.1) is 6.61 Å². The third-order valence-corrected chi connectivity index (χ3v) is 2.19. The van der Waals surface area contributed by atoms with Crippen molar-refractivity contribution in [1.82, 2.24) is 0 Å². The molecule has 0 saturated carbocycles. The summed E-state index contributed by atoms with van der Waals surface area (Å²) >= 11 is 3.29. The Morgan fingerprint density at radius 2 is 2.30 bits per heavy atom. The van der Waals surface area contributed by atoms with Gasteiger partial charge in [-0.1, -0.05) is 22.9 Å². The maximum atomic E-state index is 10.8. The Hall–Kier alpha value is -0.0500. The van der Waals surface area contributed by atoms with E-state index in [9.17, 15) is 4.79 Å². The van der Waals surface area contributed by atoms with Crippen molar-refractivity contribution in [3.63, 3.8) is 0 Å². The summed E-state index contributed by atoms with van der Waals surface area (Å²) in [6.07, 6.45) is 0.513. The first-order valence-corrected chi connectivity index (χ1v) is 4.54. The van der Waals surface area contributed by atoms with E-state index in [1.54, 1.807) is 0 Å². The molecular formula is C7H13BrO2. The smallest absolute Gasteiger partial charge is 0.306 e. The average molecular weight is 209 g/mol. The van der Waals surface area contributed by atoms with Gasteiger partial charge in [0.1, 0.15) is 0 Å². The maximum absolute atomic E-state index is 10.8. The minimum atomic E-state index is -0.102. The van der Waals surface area contributed by atoms with Crippen LogP contribution in [0.5, 0.6) is 0 Å². The molecule has 60 valence electrons. The topological polar surface area (TPSA) is 26.3 Å². The zero-order valence-electron chi connectivity index (χ0n) is 6.39. The SMILES string of the molecule is CCOC(=O)CC(C)CBr. The first-order chi connectivity index (χ1) is 4.70. The highest BCUT2D eigenvalue weighted by Gasteiger charge is 2.07. The number of alkyl halides is 1. The van der Waals surface area contributed by atoms with Crippen LogP contribution in [0.25, 0.3) is 0 Å². The number of esters is 1. The second-order valence-corrected chi connectivity index (χ2v) is 2.92. The lowest BCUT2D eigenvalue weighted by atomic mass is 10.1. The van der Waals surface area contributed by atoms with Gasteiger partial charge in [-0.3, -0.25) is 4.79 Å². The number of hydrogen-bond acceptors (Lipinski definition) is 2. The molecule has 0 saturated heterocycles. The number of carbonyl (C=O) groups excluding carboxylic acids is 1. The van der Waals surface area contributed by atoms with Gasteiger partial charge in [-0.05, 0) is 12.8 Å². The molecule has 1 atom stereocenters. The van der Waals surface area contributed by atoms with E-state index in [0.29, 0.717) is 18.9 Å². The molecule has 10 heavy (non-hydrogen) atoms. The van der Waals surface area contributed by atoms with Crippen molar-refractivity contribution in [2.75, 3.05) is 11.9 Å². The number of hydrogen-bond donors (Lipinski definition) is 0. The van der Waals surface area contributed by atoms with Crippen LogP contribution >= 0.6 is 15.9 Å².